The molecule has 0 radical (unpaired) electrons. The van der Waals surface area contributed by atoms with E-state index in [2.05, 4.69) is 0 Å². The van der Waals surface area contributed by atoms with Crippen LogP contribution in [0.1, 0.15) is 52.6 Å². The van der Waals surface area contributed by atoms with Gasteiger partial charge in [0.15, 0.2) is 11.6 Å². The van der Waals surface area contributed by atoms with Crippen LogP contribution in [0.15, 0.2) is 36.4 Å². The average Bonchev–Trinajstić information content (AvgIpc) is 2.51. The summed E-state index contributed by atoms with van der Waals surface area (Å²) in [7, 11) is 0. The van der Waals surface area contributed by atoms with Gasteiger partial charge in [-0.2, -0.15) is 0 Å². The van der Waals surface area contributed by atoms with Gasteiger partial charge in [-0.1, -0.05) is 12.1 Å². The molecule has 2 N–H and O–H groups in total. The fourth-order valence-corrected chi connectivity index (χ4v) is 2.51. The molecule has 6 heteroatoms. The Morgan fingerprint density at radius 2 is 1.50 bits per heavy atom. The monoisotopic (exact) mass is 296 g/mol. The molecule has 1 aliphatic carbocycles. The minimum absolute atomic E-state index is 0.0143. The van der Waals surface area contributed by atoms with Crippen LogP contribution >= 0.6 is 0 Å². The summed E-state index contributed by atoms with van der Waals surface area (Å²) >= 11 is 0. The number of fused-ring (bicyclic) bond motifs is 2. The molecule has 0 spiro atoms. The summed E-state index contributed by atoms with van der Waals surface area (Å²) in [4.78, 5) is 47.2. The zero-order chi connectivity index (χ0) is 16.0. The van der Waals surface area contributed by atoms with Gasteiger partial charge in [-0.3, -0.25) is 9.59 Å². The number of benzene rings is 2. The van der Waals surface area contributed by atoms with E-state index in [0.717, 1.165) is 6.07 Å². The number of carboxylic acid groups (broad SMARTS) is 2. The number of hydrogen-bond acceptors (Lipinski definition) is 4. The third-order valence-corrected chi connectivity index (χ3v) is 3.52. The van der Waals surface area contributed by atoms with E-state index in [1.165, 1.54) is 30.3 Å². The molecule has 0 saturated carbocycles. The van der Waals surface area contributed by atoms with Crippen molar-refractivity contribution >= 4 is 23.5 Å². The van der Waals surface area contributed by atoms with Gasteiger partial charge in [0.2, 0.25) is 0 Å². The first-order valence-corrected chi connectivity index (χ1v) is 6.25. The van der Waals surface area contributed by atoms with E-state index in [9.17, 15) is 24.3 Å². The van der Waals surface area contributed by atoms with Crippen molar-refractivity contribution in [3.8, 4) is 0 Å². The third kappa shape index (κ3) is 1.81. The quantitative estimate of drug-likeness (QED) is 0.747. The van der Waals surface area contributed by atoms with Crippen molar-refractivity contribution < 1.29 is 29.4 Å². The molecule has 0 amide bonds. The molecule has 0 unspecified atom stereocenters. The fraction of sp³-hybridized carbons (Fsp3) is 0. The summed E-state index contributed by atoms with van der Waals surface area (Å²) in [6, 6.07) is 7.62. The Morgan fingerprint density at radius 3 is 2.14 bits per heavy atom. The summed E-state index contributed by atoms with van der Waals surface area (Å²) in [5.74, 6) is -3.72. The van der Waals surface area contributed by atoms with E-state index >= 15 is 0 Å². The van der Waals surface area contributed by atoms with Gasteiger partial charge in [0.1, 0.15) is 0 Å². The number of carbonyl (C=O) groups excluding carboxylic acids is 2. The van der Waals surface area contributed by atoms with Gasteiger partial charge in [0.25, 0.3) is 0 Å². The molecule has 0 fully saturated rings. The zero-order valence-corrected chi connectivity index (χ0v) is 11.0. The Labute approximate surface area is 123 Å². The molecule has 0 heterocycles. The zero-order valence-electron chi connectivity index (χ0n) is 11.0. The van der Waals surface area contributed by atoms with Crippen molar-refractivity contribution in [3.05, 3.63) is 69.8 Å². The highest BCUT2D eigenvalue weighted by molar-refractivity contribution is 6.30. The number of hydrogen-bond donors (Lipinski definition) is 2. The normalized spacial score (nSPS) is 12.5. The van der Waals surface area contributed by atoms with Gasteiger partial charge >= 0.3 is 11.9 Å². The number of aromatic carboxylic acids is 2. The van der Waals surface area contributed by atoms with Crippen molar-refractivity contribution in [1.82, 2.24) is 0 Å². The second-order valence-corrected chi connectivity index (χ2v) is 4.76. The maximum Gasteiger partial charge on any atom is 0.336 e. The summed E-state index contributed by atoms with van der Waals surface area (Å²) in [6.07, 6.45) is 0. The third-order valence-electron chi connectivity index (χ3n) is 3.52. The highest BCUT2D eigenvalue weighted by atomic mass is 16.4. The summed E-state index contributed by atoms with van der Waals surface area (Å²) in [5.41, 5.74) is -0.620. The smallest absolute Gasteiger partial charge is 0.336 e. The summed E-state index contributed by atoms with van der Waals surface area (Å²) in [5, 5.41) is 18.2. The number of carbonyl (C=O) groups is 4. The van der Waals surface area contributed by atoms with Gasteiger partial charge < -0.3 is 10.2 Å². The minimum Gasteiger partial charge on any atom is -0.478 e. The lowest BCUT2D eigenvalue weighted by atomic mass is 9.81. The summed E-state index contributed by atoms with van der Waals surface area (Å²) < 4.78 is 0. The highest BCUT2D eigenvalue weighted by Gasteiger charge is 2.33. The first-order chi connectivity index (χ1) is 10.4. The molecule has 0 bridgehead atoms. The maximum absolute atomic E-state index is 12.5. The van der Waals surface area contributed by atoms with E-state index in [4.69, 9.17) is 5.11 Å². The number of rotatable bonds is 2. The predicted molar refractivity (Wildman–Crippen MR) is 73.7 cm³/mol. The van der Waals surface area contributed by atoms with Crippen LogP contribution in [-0.2, 0) is 0 Å². The molecule has 0 aromatic heterocycles. The molecule has 3 rings (SSSR count). The molecule has 2 aromatic rings. The van der Waals surface area contributed by atoms with Crippen molar-refractivity contribution in [2.45, 2.75) is 0 Å². The Bertz CT molecular complexity index is 878. The minimum atomic E-state index is -1.32. The summed E-state index contributed by atoms with van der Waals surface area (Å²) in [6.45, 7) is 0. The van der Waals surface area contributed by atoms with Crippen LogP contribution in [0.3, 0.4) is 0 Å². The van der Waals surface area contributed by atoms with Crippen LogP contribution in [0, 0.1) is 0 Å². The van der Waals surface area contributed by atoms with Gasteiger partial charge in [0.05, 0.1) is 11.1 Å². The van der Waals surface area contributed by atoms with Gasteiger partial charge in [-0.05, 0) is 24.3 Å². The van der Waals surface area contributed by atoms with E-state index in [1.54, 1.807) is 0 Å². The van der Waals surface area contributed by atoms with E-state index in [-0.39, 0.29) is 33.4 Å². The van der Waals surface area contributed by atoms with Crippen molar-refractivity contribution in [2.24, 2.45) is 0 Å². The molecule has 0 atom stereocenters. The number of ketones is 2. The molecule has 0 saturated heterocycles. The Kier molecular flexibility index (Phi) is 2.88. The molecule has 22 heavy (non-hydrogen) atoms. The fourth-order valence-electron chi connectivity index (χ4n) is 2.51. The average molecular weight is 296 g/mol. The SMILES string of the molecule is O=C(O)c1ccc2c(c1)C(=O)c1c(C(=O)O)cccc1C2=O. The van der Waals surface area contributed by atoms with Crippen molar-refractivity contribution in [1.29, 1.82) is 0 Å². The van der Waals surface area contributed by atoms with Crippen molar-refractivity contribution in [2.75, 3.05) is 0 Å². The van der Waals surface area contributed by atoms with Crippen LogP contribution in [0.2, 0.25) is 0 Å². The molecule has 1 aliphatic rings. The molecular formula is C16H8O6. The first kappa shape index (κ1) is 13.7. The standard InChI is InChI=1S/C16H8O6/c17-13-8-5-4-7(15(19)20)6-11(8)14(18)12-9(13)2-1-3-10(12)16(21)22/h1-6H,(H,19,20)(H,21,22). The second kappa shape index (κ2) is 4.63. The maximum atomic E-state index is 12.5. The van der Waals surface area contributed by atoms with Crippen LogP contribution in [-0.4, -0.2) is 33.7 Å². The Morgan fingerprint density at radius 1 is 0.773 bits per heavy atom. The van der Waals surface area contributed by atoms with E-state index < -0.39 is 23.5 Å². The lowest BCUT2D eigenvalue weighted by Gasteiger charge is -2.19. The van der Waals surface area contributed by atoms with Crippen LogP contribution in [0.5, 0.6) is 0 Å². The molecule has 0 aliphatic heterocycles. The van der Waals surface area contributed by atoms with Crippen molar-refractivity contribution in [3.63, 3.8) is 0 Å². The molecular weight excluding hydrogens is 288 g/mol. The van der Waals surface area contributed by atoms with E-state index in [0.29, 0.717) is 0 Å². The van der Waals surface area contributed by atoms with Gasteiger partial charge in [-0.25, -0.2) is 9.59 Å². The molecule has 2 aromatic carbocycles. The topological polar surface area (TPSA) is 109 Å². The molecule has 108 valence electrons. The van der Waals surface area contributed by atoms with Crippen LogP contribution in [0.4, 0.5) is 0 Å². The second-order valence-electron chi connectivity index (χ2n) is 4.76. The lowest BCUT2D eigenvalue weighted by molar-refractivity contribution is 0.0683. The van der Waals surface area contributed by atoms with Crippen LogP contribution < -0.4 is 0 Å². The van der Waals surface area contributed by atoms with Crippen LogP contribution in [0.25, 0.3) is 0 Å². The van der Waals surface area contributed by atoms with Gasteiger partial charge in [0, 0.05) is 22.3 Å². The lowest BCUT2D eigenvalue weighted by Crippen LogP contribution is -2.24. The Hall–Kier alpha value is -3.28. The number of carboxylic acids is 2. The first-order valence-electron chi connectivity index (χ1n) is 6.25. The Balaban J connectivity index is 2.31. The van der Waals surface area contributed by atoms with Gasteiger partial charge in [-0.15, -0.1) is 0 Å². The highest BCUT2D eigenvalue weighted by Crippen LogP contribution is 2.30. The predicted octanol–water partition coefficient (Wildman–Crippen LogP) is 1.86. The van der Waals surface area contributed by atoms with E-state index in [1.807, 2.05) is 0 Å². The molecule has 6 nitrogen and oxygen atoms in total. The largest absolute Gasteiger partial charge is 0.478 e.